The highest BCUT2D eigenvalue weighted by molar-refractivity contribution is 7.91. The Kier molecular flexibility index (Phi) is 1.66. The van der Waals surface area contributed by atoms with Crippen LogP contribution in [0.4, 0.5) is 0 Å². The number of hydrogen-bond donors (Lipinski definition) is 1. The van der Waals surface area contributed by atoms with Gasteiger partial charge in [0.15, 0.2) is 14.9 Å². The Balaban J connectivity index is 2.73. The van der Waals surface area contributed by atoms with E-state index in [2.05, 4.69) is 17.6 Å². The SMILES string of the molecule is O=S1(=O)CCc2ccc(S)nc21. The Labute approximate surface area is 76.2 Å². The molecule has 3 nitrogen and oxygen atoms in total. The molecule has 12 heavy (non-hydrogen) atoms. The molecule has 64 valence electrons. The molecule has 0 fully saturated rings. The summed E-state index contributed by atoms with van der Waals surface area (Å²) in [6.07, 6.45) is 0.582. The zero-order valence-corrected chi connectivity index (χ0v) is 7.90. The highest BCUT2D eigenvalue weighted by Gasteiger charge is 2.27. The van der Waals surface area contributed by atoms with E-state index >= 15 is 0 Å². The molecule has 1 aliphatic rings. The first-order valence-corrected chi connectivity index (χ1v) is 5.61. The van der Waals surface area contributed by atoms with Gasteiger partial charge in [-0.3, -0.25) is 0 Å². The molecular weight excluding hydrogens is 194 g/mol. The molecule has 0 amide bonds. The molecule has 2 heterocycles. The highest BCUT2D eigenvalue weighted by atomic mass is 32.2. The number of fused-ring (bicyclic) bond motifs is 1. The maximum absolute atomic E-state index is 11.3. The van der Waals surface area contributed by atoms with E-state index in [0.717, 1.165) is 5.56 Å². The van der Waals surface area contributed by atoms with Crippen LogP contribution in [0.2, 0.25) is 0 Å². The molecular formula is C7H7NO2S2. The van der Waals surface area contributed by atoms with Crippen molar-refractivity contribution in [2.75, 3.05) is 5.75 Å². The van der Waals surface area contributed by atoms with Crippen molar-refractivity contribution < 1.29 is 8.42 Å². The number of hydrogen-bond acceptors (Lipinski definition) is 4. The van der Waals surface area contributed by atoms with E-state index in [4.69, 9.17) is 0 Å². The first-order chi connectivity index (χ1) is 5.59. The Morgan fingerprint density at radius 2 is 2.17 bits per heavy atom. The number of rotatable bonds is 0. The van der Waals surface area contributed by atoms with Crippen LogP contribution in [0.15, 0.2) is 22.2 Å². The van der Waals surface area contributed by atoms with Crippen molar-refractivity contribution >= 4 is 22.5 Å². The average Bonchev–Trinajstić information content (AvgIpc) is 2.28. The fourth-order valence-corrected chi connectivity index (χ4v) is 2.99. The topological polar surface area (TPSA) is 47.0 Å². The lowest BCUT2D eigenvalue weighted by atomic mass is 10.2. The predicted octanol–water partition coefficient (Wildman–Crippen LogP) is 0.700. The summed E-state index contributed by atoms with van der Waals surface area (Å²) in [7, 11) is -3.09. The molecule has 0 atom stereocenters. The van der Waals surface area contributed by atoms with E-state index in [9.17, 15) is 8.42 Å². The third kappa shape index (κ3) is 1.13. The standard InChI is InChI=1S/C7H7NO2S2/c9-12(10)4-3-5-1-2-6(11)8-7(5)12/h1-2H,3-4H2,(H,8,11). The van der Waals surface area contributed by atoms with Crippen LogP contribution in [0.3, 0.4) is 0 Å². The van der Waals surface area contributed by atoms with E-state index in [1.165, 1.54) is 0 Å². The van der Waals surface area contributed by atoms with Crippen LogP contribution in [0.1, 0.15) is 5.56 Å². The molecule has 1 aromatic rings. The third-order valence-electron chi connectivity index (χ3n) is 1.86. The predicted molar refractivity (Wildman–Crippen MR) is 47.2 cm³/mol. The Hall–Kier alpha value is -0.550. The van der Waals surface area contributed by atoms with E-state index in [1.807, 2.05) is 0 Å². The number of pyridine rings is 1. The minimum atomic E-state index is -3.09. The highest BCUT2D eigenvalue weighted by Crippen LogP contribution is 2.24. The van der Waals surface area contributed by atoms with Crippen molar-refractivity contribution in [2.45, 2.75) is 16.5 Å². The molecule has 0 radical (unpaired) electrons. The molecule has 0 aromatic carbocycles. The van der Waals surface area contributed by atoms with Crippen molar-refractivity contribution in [3.63, 3.8) is 0 Å². The second-order valence-electron chi connectivity index (χ2n) is 2.70. The van der Waals surface area contributed by atoms with Crippen molar-refractivity contribution in [3.05, 3.63) is 17.7 Å². The maximum atomic E-state index is 11.3. The largest absolute Gasteiger partial charge is 0.230 e. The van der Waals surface area contributed by atoms with Gasteiger partial charge in [-0.1, -0.05) is 6.07 Å². The fourth-order valence-electron chi connectivity index (χ4n) is 1.26. The third-order valence-corrected chi connectivity index (χ3v) is 3.79. The smallest absolute Gasteiger partial charge is 0.196 e. The van der Waals surface area contributed by atoms with E-state index < -0.39 is 9.84 Å². The quantitative estimate of drug-likeness (QED) is 0.628. The second kappa shape index (κ2) is 2.47. The summed E-state index contributed by atoms with van der Waals surface area (Å²) >= 11 is 3.99. The minimum Gasteiger partial charge on any atom is -0.230 e. The average molecular weight is 201 g/mol. The zero-order chi connectivity index (χ0) is 8.77. The van der Waals surface area contributed by atoms with E-state index in [-0.39, 0.29) is 10.8 Å². The summed E-state index contributed by atoms with van der Waals surface area (Å²) in [5.41, 5.74) is 0.813. The molecule has 0 aliphatic carbocycles. The summed E-state index contributed by atoms with van der Waals surface area (Å²) in [6.45, 7) is 0. The first kappa shape index (κ1) is 8.07. The van der Waals surface area contributed by atoms with Gasteiger partial charge in [0.1, 0.15) is 0 Å². The van der Waals surface area contributed by atoms with Crippen LogP contribution in [0.5, 0.6) is 0 Å². The van der Waals surface area contributed by atoms with Crippen LogP contribution < -0.4 is 0 Å². The molecule has 0 spiro atoms. The molecule has 1 aromatic heterocycles. The van der Waals surface area contributed by atoms with Gasteiger partial charge in [0.25, 0.3) is 0 Å². The molecule has 0 N–H and O–H groups in total. The Morgan fingerprint density at radius 1 is 1.42 bits per heavy atom. The van der Waals surface area contributed by atoms with Crippen LogP contribution in [-0.4, -0.2) is 19.2 Å². The lowest BCUT2D eigenvalue weighted by Gasteiger charge is -1.96. The molecule has 0 saturated carbocycles. The van der Waals surface area contributed by atoms with Gasteiger partial charge in [0.2, 0.25) is 0 Å². The maximum Gasteiger partial charge on any atom is 0.196 e. The summed E-state index contributed by atoms with van der Waals surface area (Å²) in [5.74, 6) is 0.187. The van der Waals surface area contributed by atoms with Gasteiger partial charge in [-0.05, 0) is 18.1 Å². The van der Waals surface area contributed by atoms with Crippen molar-refractivity contribution in [3.8, 4) is 0 Å². The number of sulfone groups is 1. The fraction of sp³-hybridized carbons (Fsp3) is 0.286. The van der Waals surface area contributed by atoms with Crippen molar-refractivity contribution in [1.29, 1.82) is 0 Å². The van der Waals surface area contributed by atoms with Crippen molar-refractivity contribution in [2.24, 2.45) is 0 Å². The first-order valence-electron chi connectivity index (χ1n) is 3.51. The van der Waals surface area contributed by atoms with E-state index in [0.29, 0.717) is 11.4 Å². The zero-order valence-electron chi connectivity index (χ0n) is 6.19. The second-order valence-corrected chi connectivity index (χ2v) is 5.19. The van der Waals surface area contributed by atoms with Gasteiger partial charge >= 0.3 is 0 Å². The molecule has 5 heteroatoms. The minimum absolute atomic E-state index is 0.187. The normalized spacial score (nSPS) is 19.1. The summed E-state index contributed by atoms with van der Waals surface area (Å²) < 4.78 is 22.6. The van der Waals surface area contributed by atoms with Gasteiger partial charge in [-0.15, -0.1) is 12.6 Å². The number of thiol groups is 1. The van der Waals surface area contributed by atoms with Crippen LogP contribution in [0.25, 0.3) is 0 Å². The van der Waals surface area contributed by atoms with Crippen LogP contribution in [0, 0.1) is 0 Å². The van der Waals surface area contributed by atoms with Gasteiger partial charge in [-0.2, -0.15) is 0 Å². The summed E-state index contributed by atoms with van der Waals surface area (Å²) in [5, 5.41) is 0.675. The molecule has 0 unspecified atom stereocenters. The van der Waals surface area contributed by atoms with Gasteiger partial charge in [-0.25, -0.2) is 13.4 Å². The molecule has 2 rings (SSSR count). The monoisotopic (exact) mass is 201 g/mol. The number of aryl methyl sites for hydroxylation is 1. The number of nitrogens with zero attached hydrogens (tertiary/aromatic N) is 1. The number of aromatic nitrogens is 1. The van der Waals surface area contributed by atoms with E-state index in [1.54, 1.807) is 12.1 Å². The van der Waals surface area contributed by atoms with Crippen LogP contribution in [-0.2, 0) is 16.3 Å². The van der Waals surface area contributed by atoms with Gasteiger partial charge in [0, 0.05) is 0 Å². The molecule has 0 saturated heterocycles. The molecule has 0 bridgehead atoms. The summed E-state index contributed by atoms with van der Waals surface area (Å²) in [4.78, 5) is 3.88. The lowest BCUT2D eigenvalue weighted by molar-refractivity contribution is 0.596. The Bertz CT molecular complexity index is 425. The van der Waals surface area contributed by atoms with Gasteiger partial charge < -0.3 is 0 Å². The van der Waals surface area contributed by atoms with Gasteiger partial charge in [0.05, 0.1) is 10.8 Å². The van der Waals surface area contributed by atoms with Crippen molar-refractivity contribution in [1.82, 2.24) is 4.98 Å². The molecule has 1 aliphatic heterocycles. The van der Waals surface area contributed by atoms with Crippen LogP contribution >= 0.6 is 12.6 Å². The Morgan fingerprint density at radius 3 is 2.92 bits per heavy atom. The lowest BCUT2D eigenvalue weighted by Crippen LogP contribution is -2.01. The summed E-state index contributed by atoms with van der Waals surface area (Å²) in [6, 6.07) is 3.48.